The van der Waals surface area contributed by atoms with Crippen LogP contribution in [0.15, 0.2) is 42.5 Å². The van der Waals surface area contributed by atoms with Crippen molar-refractivity contribution in [2.45, 2.75) is 13.0 Å². The van der Waals surface area contributed by atoms with Crippen LogP contribution in [-0.2, 0) is 13.0 Å². The molecule has 0 aromatic heterocycles. The van der Waals surface area contributed by atoms with Crippen molar-refractivity contribution in [2.24, 2.45) is 0 Å². The SMILES string of the molecule is O=[N+]([O-])c1ccc(F)cc1COc1ccccc1CCO. The number of aliphatic hydroxyl groups is 1. The quantitative estimate of drug-likeness (QED) is 0.656. The Balaban J connectivity index is 2.20. The first kappa shape index (κ1) is 14.9. The molecule has 0 heterocycles. The fraction of sp³-hybridized carbons (Fsp3) is 0.200. The fourth-order valence-electron chi connectivity index (χ4n) is 1.97. The van der Waals surface area contributed by atoms with E-state index in [-0.39, 0.29) is 24.5 Å². The number of hydrogen-bond acceptors (Lipinski definition) is 4. The van der Waals surface area contributed by atoms with Crippen molar-refractivity contribution in [2.75, 3.05) is 6.61 Å². The second-order valence-electron chi connectivity index (χ2n) is 4.40. The zero-order chi connectivity index (χ0) is 15.2. The molecule has 0 radical (unpaired) electrons. The van der Waals surface area contributed by atoms with E-state index in [1.54, 1.807) is 18.2 Å². The van der Waals surface area contributed by atoms with Crippen molar-refractivity contribution < 1.29 is 19.2 Å². The van der Waals surface area contributed by atoms with E-state index in [1.807, 2.05) is 6.07 Å². The Hall–Kier alpha value is -2.47. The molecule has 2 aromatic carbocycles. The Bertz CT molecular complexity index is 645. The van der Waals surface area contributed by atoms with Gasteiger partial charge in [-0.1, -0.05) is 18.2 Å². The predicted octanol–water partition coefficient (Wildman–Crippen LogP) is 2.85. The van der Waals surface area contributed by atoms with Gasteiger partial charge in [-0.2, -0.15) is 0 Å². The fourth-order valence-corrected chi connectivity index (χ4v) is 1.97. The molecule has 0 atom stereocenters. The van der Waals surface area contributed by atoms with Crippen LogP contribution in [0.4, 0.5) is 10.1 Å². The molecular weight excluding hydrogens is 277 g/mol. The molecular formula is C15H14FNO4. The molecule has 5 nitrogen and oxygen atoms in total. The van der Waals surface area contributed by atoms with Gasteiger partial charge in [0.2, 0.25) is 0 Å². The van der Waals surface area contributed by atoms with Crippen molar-refractivity contribution >= 4 is 5.69 Å². The van der Waals surface area contributed by atoms with Gasteiger partial charge in [0, 0.05) is 12.7 Å². The monoisotopic (exact) mass is 291 g/mol. The molecule has 0 aliphatic rings. The third-order valence-corrected chi connectivity index (χ3v) is 2.98. The maximum Gasteiger partial charge on any atom is 0.276 e. The highest BCUT2D eigenvalue weighted by Crippen LogP contribution is 2.24. The maximum absolute atomic E-state index is 13.2. The summed E-state index contributed by atoms with van der Waals surface area (Å²) in [5.41, 5.74) is 0.772. The number of aliphatic hydroxyl groups excluding tert-OH is 1. The van der Waals surface area contributed by atoms with Crippen molar-refractivity contribution in [3.8, 4) is 5.75 Å². The summed E-state index contributed by atoms with van der Waals surface area (Å²) in [4.78, 5) is 10.3. The van der Waals surface area contributed by atoms with Gasteiger partial charge in [0.05, 0.1) is 10.5 Å². The molecule has 0 bridgehead atoms. The van der Waals surface area contributed by atoms with Crippen LogP contribution in [0.25, 0.3) is 0 Å². The van der Waals surface area contributed by atoms with Crippen LogP contribution >= 0.6 is 0 Å². The van der Waals surface area contributed by atoms with E-state index in [9.17, 15) is 14.5 Å². The summed E-state index contributed by atoms with van der Waals surface area (Å²) in [7, 11) is 0. The topological polar surface area (TPSA) is 72.6 Å². The van der Waals surface area contributed by atoms with Crippen molar-refractivity contribution in [3.63, 3.8) is 0 Å². The van der Waals surface area contributed by atoms with Gasteiger partial charge in [-0.25, -0.2) is 4.39 Å². The summed E-state index contributed by atoms with van der Waals surface area (Å²) in [6, 6.07) is 10.3. The van der Waals surface area contributed by atoms with Gasteiger partial charge in [0.15, 0.2) is 0 Å². The molecule has 0 unspecified atom stereocenters. The summed E-state index contributed by atoms with van der Waals surface area (Å²) in [6.45, 7) is -0.142. The maximum atomic E-state index is 13.2. The molecule has 0 aliphatic heterocycles. The molecule has 1 N–H and O–H groups in total. The minimum absolute atomic E-state index is 0.0273. The summed E-state index contributed by atoms with van der Waals surface area (Å²) in [5.74, 6) is -0.0343. The van der Waals surface area contributed by atoms with Gasteiger partial charge in [-0.15, -0.1) is 0 Å². The molecule has 0 fully saturated rings. The van der Waals surface area contributed by atoms with Crippen LogP contribution < -0.4 is 4.74 Å². The zero-order valence-corrected chi connectivity index (χ0v) is 11.2. The van der Waals surface area contributed by atoms with Gasteiger partial charge in [-0.05, 0) is 30.2 Å². The van der Waals surface area contributed by atoms with Crippen molar-refractivity contribution in [3.05, 3.63) is 69.5 Å². The third-order valence-electron chi connectivity index (χ3n) is 2.98. The number of nitro groups is 1. The molecule has 0 saturated heterocycles. The van der Waals surface area contributed by atoms with Gasteiger partial charge in [0.25, 0.3) is 5.69 Å². The minimum atomic E-state index is -0.572. The van der Waals surface area contributed by atoms with Crippen LogP contribution in [0.2, 0.25) is 0 Å². The van der Waals surface area contributed by atoms with E-state index in [0.717, 1.165) is 23.8 Å². The van der Waals surface area contributed by atoms with E-state index >= 15 is 0 Å². The van der Waals surface area contributed by atoms with Crippen LogP contribution in [0.1, 0.15) is 11.1 Å². The third kappa shape index (κ3) is 3.76. The highest BCUT2D eigenvalue weighted by atomic mass is 19.1. The highest BCUT2D eigenvalue weighted by molar-refractivity contribution is 5.41. The first-order valence-electron chi connectivity index (χ1n) is 6.36. The molecule has 2 aromatic rings. The Kier molecular flexibility index (Phi) is 4.84. The van der Waals surface area contributed by atoms with E-state index < -0.39 is 10.7 Å². The van der Waals surface area contributed by atoms with E-state index in [4.69, 9.17) is 9.84 Å². The summed E-state index contributed by atoms with van der Waals surface area (Å²) < 4.78 is 18.8. The minimum Gasteiger partial charge on any atom is -0.488 e. The van der Waals surface area contributed by atoms with E-state index in [1.165, 1.54) is 0 Å². The van der Waals surface area contributed by atoms with E-state index in [0.29, 0.717) is 12.2 Å². The van der Waals surface area contributed by atoms with Crippen molar-refractivity contribution in [1.29, 1.82) is 0 Å². The second-order valence-corrected chi connectivity index (χ2v) is 4.40. The van der Waals surface area contributed by atoms with Crippen LogP contribution in [0, 0.1) is 15.9 Å². The highest BCUT2D eigenvalue weighted by Gasteiger charge is 2.15. The number of para-hydroxylation sites is 1. The van der Waals surface area contributed by atoms with Crippen LogP contribution in [-0.4, -0.2) is 16.6 Å². The molecule has 110 valence electrons. The number of nitrogens with zero attached hydrogens (tertiary/aromatic N) is 1. The van der Waals surface area contributed by atoms with Gasteiger partial charge >= 0.3 is 0 Å². The average Bonchev–Trinajstić information content (AvgIpc) is 2.46. The number of rotatable bonds is 6. The Morgan fingerprint density at radius 3 is 2.67 bits per heavy atom. The normalized spacial score (nSPS) is 10.4. The number of ether oxygens (including phenoxy) is 1. The lowest BCUT2D eigenvalue weighted by Crippen LogP contribution is -2.03. The predicted molar refractivity (Wildman–Crippen MR) is 74.6 cm³/mol. The Morgan fingerprint density at radius 2 is 1.95 bits per heavy atom. The molecule has 0 aliphatic carbocycles. The molecule has 0 amide bonds. The van der Waals surface area contributed by atoms with Gasteiger partial charge in [-0.3, -0.25) is 10.1 Å². The number of benzene rings is 2. The Labute approximate surface area is 120 Å². The summed E-state index contributed by atoms with van der Waals surface area (Å²) in [5, 5.41) is 19.9. The lowest BCUT2D eigenvalue weighted by Gasteiger charge is -2.11. The molecule has 6 heteroatoms. The molecule has 2 rings (SSSR count). The standard InChI is InChI=1S/C15H14FNO4/c16-13-5-6-14(17(19)20)12(9-13)10-21-15-4-2-1-3-11(15)7-8-18/h1-6,9,18H,7-8,10H2. The molecule has 21 heavy (non-hydrogen) atoms. The van der Waals surface area contributed by atoms with Crippen LogP contribution in [0.5, 0.6) is 5.75 Å². The first-order chi connectivity index (χ1) is 10.1. The summed E-state index contributed by atoms with van der Waals surface area (Å²) >= 11 is 0. The number of nitro benzene ring substituents is 1. The lowest BCUT2D eigenvalue weighted by molar-refractivity contribution is -0.385. The lowest BCUT2D eigenvalue weighted by atomic mass is 10.1. The van der Waals surface area contributed by atoms with E-state index in [2.05, 4.69) is 0 Å². The zero-order valence-electron chi connectivity index (χ0n) is 11.2. The largest absolute Gasteiger partial charge is 0.488 e. The summed E-state index contributed by atoms with van der Waals surface area (Å²) in [6.07, 6.45) is 0.418. The van der Waals surface area contributed by atoms with Gasteiger partial charge in [0.1, 0.15) is 18.2 Å². The van der Waals surface area contributed by atoms with Crippen molar-refractivity contribution in [1.82, 2.24) is 0 Å². The first-order valence-corrected chi connectivity index (χ1v) is 6.36. The second kappa shape index (κ2) is 6.81. The smallest absolute Gasteiger partial charge is 0.276 e. The Morgan fingerprint density at radius 1 is 1.19 bits per heavy atom. The average molecular weight is 291 g/mol. The van der Waals surface area contributed by atoms with Gasteiger partial charge < -0.3 is 9.84 Å². The number of hydrogen-bond donors (Lipinski definition) is 1. The molecule has 0 spiro atoms. The van der Waals surface area contributed by atoms with Crippen LogP contribution in [0.3, 0.4) is 0 Å². The molecule has 0 saturated carbocycles. The number of halogens is 1.